The van der Waals surface area contributed by atoms with E-state index in [1.807, 2.05) is 6.07 Å². The summed E-state index contributed by atoms with van der Waals surface area (Å²) in [6, 6.07) is 7.74. The molecule has 2 atom stereocenters. The number of ether oxygens (including phenoxy) is 1. The highest BCUT2D eigenvalue weighted by Gasteiger charge is 2.33. The zero-order valence-corrected chi connectivity index (χ0v) is 17.4. The van der Waals surface area contributed by atoms with E-state index in [1.165, 1.54) is 0 Å². The Hall–Kier alpha value is -1.34. The molecule has 2 unspecified atom stereocenters. The SMILES string of the molecule is CC(C)(C)[S+]([O-])NC(C#CC(F)(F)CCOCc1ccccc1)CCC(F)(F)F. The van der Waals surface area contributed by atoms with Crippen LogP contribution in [0.4, 0.5) is 22.0 Å². The summed E-state index contributed by atoms with van der Waals surface area (Å²) < 4.78 is 84.4. The van der Waals surface area contributed by atoms with Crippen molar-refractivity contribution >= 4 is 11.4 Å². The van der Waals surface area contributed by atoms with E-state index in [0.29, 0.717) is 0 Å². The monoisotopic (exact) mass is 439 g/mol. The van der Waals surface area contributed by atoms with Gasteiger partial charge in [0.25, 0.3) is 0 Å². The van der Waals surface area contributed by atoms with Gasteiger partial charge in [-0.05, 0) is 38.7 Å². The molecule has 1 rings (SSSR count). The zero-order valence-electron chi connectivity index (χ0n) is 16.6. The van der Waals surface area contributed by atoms with Gasteiger partial charge in [-0.3, -0.25) is 0 Å². The first-order chi connectivity index (χ1) is 13.3. The fourth-order valence-corrected chi connectivity index (χ4v) is 2.78. The average Bonchev–Trinajstić information content (AvgIpc) is 2.60. The van der Waals surface area contributed by atoms with Crippen LogP contribution in [0.25, 0.3) is 0 Å². The predicted octanol–water partition coefficient (Wildman–Crippen LogP) is 4.99. The Morgan fingerprint density at radius 1 is 1.07 bits per heavy atom. The summed E-state index contributed by atoms with van der Waals surface area (Å²) in [5, 5.41) is 0. The molecule has 0 saturated carbocycles. The van der Waals surface area contributed by atoms with E-state index >= 15 is 0 Å². The van der Waals surface area contributed by atoms with E-state index in [1.54, 1.807) is 51.0 Å². The van der Waals surface area contributed by atoms with Gasteiger partial charge in [0.2, 0.25) is 0 Å². The molecule has 0 amide bonds. The smallest absolute Gasteiger partial charge is 0.389 e. The van der Waals surface area contributed by atoms with E-state index in [4.69, 9.17) is 4.74 Å². The van der Waals surface area contributed by atoms with Crippen LogP contribution in [0.2, 0.25) is 0 Å². The van der Waals surface area contributed by atoms with Crippen LogP contribution < -0.4 is 4.72 Å². The fourth-order valence-electron chi connectivity index (χ4n) is 1.99. The van der Waals surface area contributed by atoms with Crippen LogP contribution in [-0.4, -0.2) is 34.0 Å². The third-order valence-electron chi connectivity index (χ3n) is 3.62. The minimum atomic E-state index is -4.46. The van der Waals surface area contributed by atoms with E-state index in [-0.39, 0.29) is 13.2 Å². The first-order valence-corrected chi connectivity index (χ1v) is 10.2. The first-order valence-electron chi connectivity index (χ1n) is 9.05. The molecule has 0 radical (unpaired) electrons. The Morgan fingerprint density at radius 2 is 1.69 bits per heavy atom. The molecule has 0 saturated heterocycles. The second-order valence-corrected chi connectivity index (χ2v) is 9.47. The Morgan fingerprint density at radius 3 is 2.24 bits per heavy atom. The molecule has 3 nitrogen and oxygen atoms in total. The van der Waals surface area contributed by atoms with Crippen molar-refractivity contribution in [2.45, 2.75) is 69.5 Å². The Kier molecular flexibility index (Phi) is 9.89. The van der Waals surface area contributed by atoms with Crippen LogP contribution in [0.5, 0.6) is 0 Å². The summed E-state index contributed by atoms with van der Waals surface area (Å²) >= 11 is -1.74. The third-order valence-corrected chi connectivity index (χ3v) is 5.23. The number of alkyl halides is 5. The van der Waals surface area contributed by atoms with E-state index < -0.39 is 53.5 Å². The van der Waals surface area contributed by atoms with Gasteiger partial charge in [-0.1, -0.05) is 36.3 Å². The summed E-state index contributed by atoms with van der Waals surface area (Å²) in [6.45, 7) is 4.75. The lowest BCUT2D eigenvalue weighted by molar-refractivity contribution is -0.135. The summed E-state index contributed by atoms with van der Waals surface area (Å²) in [5.74, 6) is 0.425. The van der Waals surface area contributed by atoms with Crippen molar-refractivity contribution in [2.24, 2.45) is 0 Å². The second kappa shape index (κ2) is 11.2. The molecule has 1 aromatic carbocycles. The van der Waals surface area contributed by atoms with Gasteiger partial charge in [-0.25, -0.2) is 0 Å². The van der Waals surface area contributed by atoms with Gasteiger partial charge in [-0.15, -0.1) is 4.72 Å². The molecule has 0 heterocycles. The largest absolute Gasteiger partial charge is 0.598 e. The van der Waals surface area contributed by atoms with Crippen LogP contribution in [0.3, 0.4) is 0 Å². The molecule has 1 N–H and O–H groups in total. The fraction of sp³-hybridized carbons (Fsp3) is 0.600. The molecule has 0 fully saturated rings. The van der Waals surface area contributed by atoms with Crippen molar-refractivity contribution in [3.8, 4) is 11.8 Å². The topological polar surface area (TPSA) is 44.3 Å². The van der Waals surface area contributed by atoms with E-state index in [9.17, 15) is 26.5 Å². The maximum absolute atomic E-state index is 14.0. The van der Waals surface area contributed by atoms with Gasteiger partial charge >= 0.3 is 12.1 Å². The van der Waals surface area contributed by atoms with Crippen molar-refractivity contribution < 1.29 is 31.2 Å². The van der Waals surface area contributed by atoms with Crippen LogP contribution in [0.15, 0.2) is 30.3 Å². The minimum absolute atomic E-state index is 0.171. The summed E-state index contributed by atoms with van der Waals surface area (Å²) in [5.41, 5.74) is 0.836. The lowest BCUT2D eigenvalue weighted by Gasteiger charge is -2.26. The molecule has 0 aliphatic rings. The normalized spacial score (nSPS) is 14.8. The van der Waals surface area contributed by atoms with E-state index in [2.05, 4.69) is 10.6 Å². The van der Waals surface area contributed by atoms with Gasteiger partial charge in [-0.2, -0.15) is 22.0 Å². The first kappa shape index (κ1) is 25.7. The minimum Gasteiger partial charge on any atom is -0.598 e. The molecule has 0 aliphatic carbocycles. The lowest BCUT2D eigenvalue weighted by Crippen LogP contribution is -2.44. The standard InChI is InChI=1S/C20H26F5NO2S/c1-18(2,3)29(27)26-17(10-12-20(23,24)25)9-11-19(21,22)13-14-28-15-16-7-5-4-6-8-16/h4-8,17,26H,10,12-15H2,1-3H3. The van der Waals surface area contributed by atoms with Crippen molar-refractivity contribution in [3.63, 3.8) is 0 Å². The number of benzene rings is 1. The molecular weight excluding hydrogens is 413 g/mol. The molecule has 9 heteroatoms. The highest BCUT2D eigenvalue weighted by molar-refractivity contribution is 7.90. The molecule has 164 valence electrons. The van der Waals surface area contributed by atoms with Crippen LogP contribution >= 0.6 is 0 Å². The second-order valence-electron chi connectivity index (χ2n) is 7.47. The Labute approximate surface area is 171 Å². The number of hydrogen-bond acceptors (Lipinski definition) is 3. The number of nitrogens with one attached hydrogen (secondary N) is 1. The van der Waals surface area contributed by atoms with Gasteiger partial charge in [0.15, 0.2) is 0 Å². The zero-order chi connectivity index (χ0) is 22.1. The van der Waals surface area contributed by atoms with Crippen LogP contribution in [0.1, 0.15) is 45.6 Å². The Bertz CT molecular complexity index is 665. The molecular formula is C20H26F5NO2S. The van der Waals surface area contributed by atoms with Crippen LogP contribution in [-0.2, 0) is 22.7 Å². The quantitative estimate of drug-likeness (QED) is 0.255. The van der Waals surface area contributed by atoms with E-state index in [0.717, 1.165) is 5.56 Å². The number of halogens is 5. The summed E-state index contributed by atoms with van der Waals surface area (Å²) in [4.78, 5) is 0. The predicted molar refractivity (Wildman–Crippen MR) is 104 cm³/mol. The average molecular weight is 439 g/mol. The summed E-state index contributed by atoms with van der Waals surface area (Å²) in [6.07, 6.45) is -6.94. The molecule has 0 bridgehead atoms. The molecule has 1 aromatic rings. The molecule has 0 aromatic heterocycles. The molecule has 29 heavy (non-hydrogen) atoms. The third kappa shape index (κ3) is 12.1. The highest BCUT2D eigenvalue weighted by atomic mass is 32.2. The Balaban J connectivity index is 2.64. The van der Waals surface area contributed by atoms with Crippen molar-refractivity contribution in [1.29, 1.82) is 0 Å². The summed E-state index contributed by atoms with van der Waals surface area (Å²) in [7, 11) is 0. The number of rotatable bonds is 9. The molecule has 0 spiro atoms. The van der Waals surface area contributed by atoms with Crippen LogP contribution in [0, 0.1) is 11.8 Å². The van der Waals surface area contributed by atoms with Crippen molar-refractivity contribution in [1.82, 2.24) is 4.72 Å². The van der Waals surface area contributed by atoms with Gasteiger partial charge in [0, 0.05) is 24.2 Å². The maximum Gasteiger partial charge on any atom is 0.389 e. The van der Waals surface area contributed by atoms with Gasteiger partial charge in [0.1, 0.15) is 10.8 Å². The maximum atomic E-state index is 14.0. The molecule has 0 aliphatic heterocycles. The van der Waals surface area contributed by atoms with Crippen molar-refractivity contribution in [2.75, 3.05) is 6.61 Å². The van der Waals surface area contributed by atoms with Gasteiger partial charge in [0.05, 0.1) is 13.2 Å². The lowest BCUT2D eigenvalue weighted by atomic mass is 10.1. The van der Waals surface area contributed by atoms with Crippen molar-refractivity contribution in [3.05, 3.63) is 35.9 Å². The highest BCUT2D eigenvalue weighted by Crippen LogP contribution is 2.24. The van der Waals surface area contributed by atoms with Gasteiger partial charge < -0.3 is 9.29 Å². The number of hydrogen-bond donors (Lipinski definition) is 1.